The molecule has 5 nitrogen and oxygen atoms in total. The number of carbonyl (C=O) groups excluding carboxylic acids is 1. The lowest BCUT2D eigenvalue weighted by atomic mass is 9.95. The van der Waals surface area contributed by atoms with Crippen molar-refractivity contribution in [3.05, 3.63) is 60.4 Å². The van der Waals surface area contributed by atoms with Gasteiger partial charge in [-0.25, -0.2) is 4.79 Å². The highest BCUT2D eigenvalue weighted by Gasteiger charge is 2.38. The van der Waals surface area contributed by atoms with Gasteiger partial charge in [0.15, 0.2) is 0 Å². The minimum absolute atomic E-state index is 0.116. The molecule has 26 heavy (non-hydrogen) atoms. The van der Waals surface area contributed by atoms with Gasteiger partial charge in [-0.05, 0) is 43.0 Å². The first-order valence-electron chi connectivity index (χ1n) is 9.42. The van der Waals surface area contributed by atoms with Crippen LogP contribution in [-0.4, -0.2) is 53.5 Å². The summed E-state index contributed by atoms with van der Waals surface area (Å²) in [5, 5.41) is 0. The summed E-state index contributed by atoms with van der Waals surface area (Å²) in [6.07, 6.45) is 4.16. The normalized spacial score (nSPS) is 22.9. The van der Waals surface area contributed by atoms with Crippen molar-refractivity contribution in [1.29, 1.82) is 0 Å². The van der Waals surface area contributed by atoms with Gasteiger partial charge in [-0.15, -0.1) is 0 Å². The summed E-state index contributed by atoms with van der Waals surface area (Å²) in [5.41, 5.74) is 2.05. The molecule has 5 rings (SSSR count). The number of urea groups is 1. The summed E-state index contributed by atoms with van der Waals surface area (Å²) in [7, 11) is 1.88. The monoisotopic (exact) mass is 350 g/mol. The van der Waals surface area contributed by atoms with E-state index in [9.17, 15) is 4.79 Å². The minimum atomic E-state index is 0.116. The molecule has 2 bridgehead atoms. The third-order valence-corrected chi connectivity index (χ3v) is 5.58. The molecular weight excluding hydrogens is 324 g/mol. The van der Waals surface area contributed by atoms with Crippen LogP contribution in [0.5, 0.6) is 0 Å². The zero-order valence-electron chi connectivity index (χ0n) is 15.3. The number of aromatic nitrogens is 1. The Morgan fingerprint density at radius 2 is 1.88 bits per heavy atom. The molecule has 0 saturated carbocycles. The number of fused-ring (bicyclic) bond motifs is 4. The Kier molecular flexibility index (Phi) is 4.89. The fourth-order valence-electron chi connectivity index (χ4n) is 4.22. The molecule has 0 radical (unpaired) electrons. The van der Waals surface area contributed by atoms with E-state index < -0.39 is 0 Å². The standard InChI is InChI=1S/C21H26N4O/c1-23(19-8-3-2-4-9-19)21(26)25-14-17-10-11-20(25)16-24(13-17)15-18-7-5-6-12-22-18/h2-9,12,17,20H,10-11,13-16H2,1H3/t17-,20+/m0/s1. The van der Waals surface area contributed by atoms with Gasteiger partial charge in [-0.2, -0.15) is 0 Å². The summed E-state index contributed by atoms with van der Waals surface area (Å²) in [4.78, 5) is 23.9. The molecule has 3 aliphatic heterocycles. The Morgan fingerprint density at radius 3 is 2.65 bits per heavy atom. The van der Waals surface area contributed by atoms with Crippen LogP contribution in [0.2, 0.25) is 0 Å². The maximum absolute atomic E-state index is 13.1. The van der Waals surface area contributed by atoms with Crippen LogP contribution in [0.15, 0.2) is 54.7 Å². The fraction of sp³-hybridized carbons (Fsp3) is 0.429. The second kappa shape index (κ2) is 7.46. The maximum Gasteiger partial charge on any atom is 0.324 e. The number of nitrogens with zero attached hydrogens (tertiary/aromatic N) is 4. The first-order valence-corrected chi connectivity index (χ1v) is 9.42. The number of carbonyl (C=O) groups is 1. The minimum Gasteiger partial charge on any atom is -0.320 e. The summed E-state index contributed by atoms with van der Waals surface area (Å²) in [5.74, 6) is 0.547. The maximum atomic E-state index is 13.1. The highest BCUT2D eigenvalue weighted by Crippen LogP contribution is 2.30. The van der Waals surface area contributed by atoms with E-state index >= 15 is 0 Å². The molecule has 3 saturated heterocycles. The highest BCUT2D eigenvalue weighted by molar-refractivity contribution is 5.91. The van der Waals surface area contributed by atoms with Crippen molar-refractivity contribution in [2.45, 2.75) is 25.4 Å². The molecule has 4 heterocycles. The number of benzene rings is 1. The lowest BCUT2D eigenvalue weighted by molar-refractivity contribution is 0.147. The van der Waals surface area contributed by atoms with Crippen molar-refractivity contribution in [2.24, 2.45) is 5.92 Å². The topological polar surface area (TPSA) is 39.7 Å². The van der Waals surface area contributed by atoms with Crippen LogP contribution in [0.25, 0.3) is 0 Å². The number of piperidine rings is 1. The van der Waals surface area contributed by atoms with Crippen LogP contribution < -0.4 is 4.90 Å². The third-order valence-electron chi connectivity index (χ3n) is 5.58. The molecule has 3 aliphatic rings. The summed E-state index contributed by atoms with van der Waals surface area (Å²) in [6.45, 7) is 3.71. The van der Waals surface area contributed by atoms with Crippen LogP contribution in [0.3, 0.4) is 0 Å². The molecule has 0 spiro atoms. The quantitative estimate of drug-likeness (QED) is 0.853. The number of rotatable bonds is 3. The molecular formula is C21H26N4O. The van der Waals surface area contributed by atoms with Crippen molar-refractivity contribution >= 4 is 11.7 Å². The van der Waals surface area contributed by atoms with E-state index in [0.29, 0.717) is 5.92 Å². The van der Waals surface area contributed by atoms with Gasteiger partial charge < -0.3 is 4.90 Å². The molecule has 136 valence electrons. The Bertz CT molecular complexity index is 736. The Hall–Kier alpha value is -2.40. The van der Waals surface area contributed by atoms with Gasteiger partial charge in [-0.3, -0.25) is 14.8 Å². The smallest absolute Gasteiger partial charge is 0.320 e. The Labute approximate surface area is 155 Å². The van der Waals surface area contributed by atoms with Crippen LogP contribution in [0.4, 0.5) is 10.5 Å². The fourth-order valence-corrected chi connectivity index (χ4v) is 4.22. The average Bonchev–Trinajstić information content (AvgIpc) is 2.99. The molecule has 2 atom stereocenters. The van der Waals surface area contributed by atoms with Crippen molar-refractivity contribution < 1.29 is 4.79 Å². The van der Waals surface area contributed by atoms with E-state index in [1.165, 1.54) is 6.42 Å². The van der Waals surface area contributed by atoms with E-state index in [-0.39, 0.29) is 12.1 Å². The zero-order valence-corrected chi connectivity index (χ0v) is 15.3. The molecule has 1 aromatic heterocycles. The number of hydrogen-bond donors (Lipinski definition) is 0. The lowest BCUT2D eigenvalue weighted by Gasteiger charge is -2.38. The number of anilines is 1. The van der Waals surface area contributed by atoms with Gasteiger partial charge in [0.25, 0.3) is 0 Å². The largest absolute Gasteiger partial charge is 0.324 e. The second-order valence-corrected chi connectivity index (χ2v) is 7.44. The number of hydrogen-bond acceptors (Lipinski definition) is 3. The van der Waals surface area contributed by atoms with Gasteiger partial charge in [0.05, 0.1) is 5.69 Å². The van der Waals surface area contributed by atoms with Crippen molar-refractivity contribution in [2.75, 3.05) is 31.6 Å². The van der Waals surface area contributed by atoms with Gasteiger partial charge in [-0.1, -0.05) is 24.3 Å². The van der Waals surface area contributed by atoms with E-state index in [4.69, 9.17) is 0 Å². The van der Waals surface area contributed by atoms with E-state index in [1.807, 2.05) is 55.7 Å². The van der Waals surface area contributed by atoms with E-state index in [2.05, 4.69) is 20.9 Å². The zero-order chi connectivity index (χ0) is 17.9. The van der Waals surface area contributed by atoms with Gasteiger partial charge >= 0.3 is 6.03 Å². The van der Waals surface area contributed by atoms with Gasteiger partial charge in [0.2, 0.25) is 0 Å². The molecule has 0 N–H and O–H groups in total. The van der Waals surface area contributed by atoms with Crippen molar-refractivity contribution in [1.82, 2.24) is 14.8 Å². The van der Waals surface area contributed by atoms with Gasteiger partial charge in [0.1, 0.15) is 0 Å². The number of pyridine rings is 1. The number of amides is 2. The Balaban J connectivity index is 1.47. The molecule has 2 amide bonds. The van der Waals surface area contributed by atoms with Crippen LogP contribution in [-0.2, 0) is 6.54 Å². The summed E-state index contributed by atoms with van der Waals surface area (Å²) < 4.78 is 0. The first-order chi connectivity index (χ1) is 12.7. The SMILES string of the molecule is CN(C(=O)N1C[C@H]2CC[C@@H]1CN(Cc1ccccn1)C2)c1ccccc1. The third kappa shape index (κ3) is 3.58. The predicted octanol–water partition coefficient (Wildman–Crippen LogP) is 3.23. The number of para-hydroxylation sites is 1. The molecule has 1 aromatic carbocycles. The summed E-state index contributed by atoms with van der Waals surface area (Å²) >= 11 is 0. The van der Waals surface area contributed by atoms with E-state index in [0.717, 1.165) is 44.0 Å². The highest BCUT2D eigenvalue weighted by atomic mass is 16.2. The lowest BCUT2D eigenvalue weighted by Crippen LogP contribution is -2.52. The van der Waals surface area contributed by atoms with Crippen LogP contribution in [0, 0.1) is 5.92 Å². The van der Waals surface area contributed by atoms with Crippen molar-refractivity contribution in [3.63, 3.8) is 0 Å². The average molecular weight is 350 g/mol. The molecule has 0 unspecified atom stereocenters. The predicted molar refractivity (Wildman–Crippen MR) is 103 cm³/mol. The van der Waals surface area contributed by atoms with E-state index in [1.54, 1.807) is 4.90 Å². The van der Waals surface area contributed by atoms with Crippen LogP contribution >= 0.6 is 0 Å². The molecule has 5 heteroatoms. The van der Waals surface area contributed by atoms with Crippen LogP contribution in [0.1, 0.15) is 18.5 Å². The summed E-state index contributed by atoms with van der Waals surface area (Å²) in [6, 6.07) is 16.4. The molecule has 2 aromatic rings. The molecule has 3 fully saturated rings. The second-order valence-electron chi connectivity index (χ2n) is 7.44. The van der Waals surface area contributed by atoms with Crippen molar-refractivity contribution in [3.8, 4) is 0 Å². The van der Waals surface area contributed by atoms with Gasteiger partial charge in [0, 0.05) is 51.2 Å². The Morgan fingerprint density at radius 1 is 1.08 bits per heavy atom. The molecule has 0 aliphatic carbocycles. The first kappa shape index (κ1) is 17.0.